The Morgan fingerprint density at radius 2 is 1.51 bits per heavy atom. The van der Waals surface area contributed by atoms with Gasteiger partial charge < -0.3 is 30.9 Å². The summed E-state index contributed by atoms with van der Waals surface area (Å²) in [4.78, 5) is 35.4. The van der Waals surface area contributed by atoms with Gasteiger partial charge in [0.1, 0.15) is 24.3 Å². The molecule has 2 amide bonds. The second-order valence-corrected chi connectivity index (χ2v) is 14.7. The largest absolute Gasteiger partial charge is 0.490 e. The number of carboxylic acid groups (broad SMARTS) is 1. The molecule has 17 heteroatoms. The van der Waals surface area contributed by atoms with Gasteiger partial charge in [-0.1, -0.05) is 57.0 Å². The van der Waals surface area contributed by atoms with Crippen molar-refractivity contribution in [1.29, 1.82) is 0 Å². The number of hydrogen-bond donors (Lipinski definition) is 5. The number of sulfone groups is 1. The lowest BCUT2D eigenvalue weighted by molar-refractivity contribution is -0.192. The first-order valence-electron chi connectivity index (χ1n) is 16.6. The molecule has 0 spiro atoms. The first kappa shape index (κ1) is 43.3. The molecule has 0 radical (unpaired) electrons. The molecular formula is C34H46F5N3O8S. The van der Waals surface area contributed by atoms with Crippen molar-refractivity contribution in [3.8, 4) is 0 Å². The van der Waals surface area contributed by atoms with E-state index in [1.54, 1.807) is 24.3 Å². The van der Waals surface area contributed by atoms with Crippen molar-refractivity contribution >= 4 is 27.8 Å². The van der Waals surface area contributed by atoms with Gasteiger partial charge in [0, 0.05) is 12.6 Å². The average Bonchev–Trinajstić information content (AvgIpc) is 3.87. The minimum Gasteiger partial charge on any atom is -0.475 e. The van der Waals surface area contributed by atoms with Crippen LogP contribution in [0.1, 0.15) is 63.5 Å². The number of aliphatic hydroxyl groups is 1. The van der Waals surface area contributed by atoms with Crippen molar-refractivity contribution in [3.05, 3.63) is 71.3 Å². The van der Waals surface area contributed by atoms with Gasteiger partial charge in [0.15, 0.2) is 9.84 Å². The number of rotatable bonds is 19. The van der Waals surface area contributed by atoms with Crippen LogP contribution < -0.4 is 16.0 Å². The van der Waals surface area contributed by atoms with Gasteiger partial charge >= 0.3 is 18.2 Å². The predicted octanol–water partition coefficient (Wildman–Crippen LogP) is 4.66. The number of hydrogen-bond acceptors (Lipinski definition) is 8. The Labute approximate surface area is 294 Å². The van der Waals surface area contributed by atoms with Crippen LogP contribution in [0.2, 0.25) is 0 Å². The Kier molecular flexibility index (Phi) is 17.7. The standard InChI is InChI=1S/C32H45F2N3O6S.C2HF3O2/c1-3-8-27(9-4-2)44(41,42)21-29(37-32(40)43-20-23-10-6-5-7-11-23)31(39)36-28(30(38)19-35-18-22-12-13-22)16-24-14-25(33)17-26(34)15-24;3-2(4,5)1(6)7/h5-7,10-11,14-15,17,22,27-30,35,38H,3-4,8-9,12-13,16,18-21H2,1-2H3,(H,36,39)(H,37,40);(H,6,7)/t28-,29-,30+;/m0./s1. The molecule has 51 heavy (non-hydrogen) atoms. The van der Waals surface area contributed by atoms with E-state index in [9.17, 15) is 45.1 Å². The van der Waals surface area contributed by atoms with Crippen LogP contribution in [-0.2, 0) is 37.2 Å². The smallest absolute Gasteiger partial charge is 0.475 e. The van der Waals surface area contributed by atoms with E-state index in [1.165, 1.54) is 0 Å². The zero-order chi connectivity index (χ0) is 38.2. The van der Waals surface area contributed by atoms with Crippen molar-refractivity contribution < 1.29 is 59.7 Å². The zero-order valence-corrected chi connectivity index (χ0v) is 29.2. The molecule has 2 aromatic carbocycles. The third kappa shape index (κ3) is 16.8. The number of alkyl carbamates (subject to hydrolysis) is 1. The number of nitrogens with one attached hydrogen (secondary N) is 3. The van der Waals surface area contributed by atoms with Crippen molar-refractivity contribution in [3.63, 3.8) is 0 Å². The third-order valence-corrected chi connectivity index (χ3v) is 10.1. The summed E-state index contributed by atoms with van der Waals surface area (Å²) in [5.74, 6) is -5.39. The van der Waals surface area contributed by atoms with Crippen LogP contribution >= 0.6 is 0 Å². The molecule has 0 aromatic heterocycles. The number of amides is 2. The van der Waals surface area contributed by atoms with Gasteiger partial charge in [0.2, 0.25) is 5.91 Å². The van der Waals surface area contributed by atoms with Crippen LogP contribution in [-0.4, -0.2) is 85.1 Å². The SMILES string of the molecule is CCCC(CCC)S(=O)(=O)C[C@H](NC(=O)OCc1ccccc1)C(=O)N[C@@H](Cc1cc(F)cc(F)c1)[C@H](O)CNCC1CC1.O=C(O)C(F)(F)F. The van der Waals surface area contributed by atoms with E-state index < -0.39 is 74.8 Å². The molecule has 11 nitrogen and oxygen atoms in total. The van der Waals surface area contributed by atoms with Gasteiger partial charge in [-0.2, -0.15) is 13.2 Å². The predicted molar refractivity (Wildman–Crippen MR) is 178 cm³/mol. The minimum absolute atomic E-state index is 0.0871. The normalized spacial score (nSPS) is 14.8. The van der Waals surface area contributed by atoms with Gasteiger partial charge in [0.05, 0.1) is 23.1 Å². The highest BCUT2D eigenvalue weighted by atomic mass is 32.2. The number of carbonyl (C=O) groups excluding carboxylic acids is 2. The summed E-state index contributed by atoms with van der Waals surface area (Å²) in [7, 11) is -3.85. The number of benzene rings is 2. The van der Waals surface area contributed by atoms with Crippen molar-refractivity contribution in [1.82, 2.24) is 16.0 Å². The lowest BCUT2D eigenvalue weighted by atomic mass is 10.00. The molecule has 1 fully saturated rings. The Morgan fingerprint density at radius 1 is 0.941 bits per heavy atom. The average molecular weight is 752 g/mol. The summed E-state index contributed by atoms with van der Waals surface area (Å²) < 4.78 is 91.9. The first-order valence-corrected chi connectivity index (χ1v) is 18.3. The molecule has 1 saturated carbocycles. The zero-order valence-electron chi connectivity index (χ0n) is 28.4. The second kappa shape index (κ2) is 20.9. The summed E-state index contributed by atoms with van der Waals surface area (Å²) in [6.45, 7) is 4.42. The summed E-state index contributed by atoms with van der Waals surface area (Å²) in [6, 6.07) is 9.19. The fourth-order valence-corrected chi connectivity index (χ4v) is 7.22. The van der Waals surface area contributed by atoms with Gasteiger partial charge in [0.25, 0.3) is 0 Å². The summed E-state index contributed by atoms with van der Waals surface area (Å²) >= 11 is 0. The summed E-state index contributed by atoms with van der Waals surface area (Å²) in [5, 5.41) is 25.7. The number of halogens is 5. The highest BCUT2D eigenvalue weighted by Crippen LogP contribution is 2.27. The van der Waals surface area contributed by atoms with Crippen molar-refractivity contribution in [2.45, 2.75) is 95.0 Å². The third-order valence-electron chi connectivity index (χ3n) is 7.85. The summed E-state index contributed by atoms with van der Waals surface area (Å²) in [6.07, 6.45) is -3.15. The molecule has 5 N–H and O–H groups in total. The molecule has 0 saturated heterocycles. The van der Waals surface area contributed by atoms with Gasteiger partial charge in [-0.25, -0.2) is 26.8 Å². The number of alkyl halides is 3. The van der Waals surface area contributed by atoms with E-state index in [0.717, 1.165) is 31.0 Å². The Balaban J connectivity index is 0.00000116. The van der Waals surface area contributed by atoms with Gasteiger partial charge in [-0.05, 0) is 67.8 Å². The van der Waals surface area contributed by atoms with E-state index in [0.29, 0.717) is 43.7 Å². The molecule has 2 aromatic rings. The fourth-order valence-electron chi connectivity index (χ4n) is 5.05. The Hall–Kier alpha value is -3.83. The highest BCUT2D eigenvalue weighted by Gasteiger charge is 2.38. The van der Waals surface area contributed by atoms with Gasteiger partial charge in [-0.15, -0.1) is 0 Å². The quantitative estimate of drug-likeness (QED) is 0.128. The lowest BCUT2D eigenvalue weighted by Gasteiger charge is -2.28. The topological polar surface area (TPSA) is 171 Å². The number of carboxylic acids is 1. The molecule has 3 atom stereocenters. The number of aliphatic hydroxyl groups excluding tert-OH is 1. The molecule has 0 unspecified atom stereocenters. The van der Waals surface area contributed by atoms with Crippen molar-refractivity contribution in [2.24, 2.45) is 5.92 Å². The number of carbonyl (C=O) groups is 3. The van der Waals surface area contributed by atoms with Gasteiger partial charge in [-0.3, -0.25) is 4.79 Å². The molecule has 286 valence electrons. The maximum absolute atomic E-state index is 14.0. The number of aliphatic carboxylic acids is 1. The maximum Gasteiger partial charge on any atom is 0.490 e. The molecule has 1 aliphatic rings. The lowest BCUT2D eigenvalue weighted by Crippen LogP contribution is -2.57. The Bertz CT molecular complexity index is 1480. The van der Waals surface area contributed by atoms with Crippen LogP contribution in [0.15, 0.2) is 48.5 Å². The van der Waals surface area contributed by atoms with Crippen LogP contribution in [0, 0.1) is 17.6 Å². The minimum atomic E-state index is -5.08. The Morgan fingerprint density at radius 3 is 2.02 bits per heavy atom. The highest BCUT2D eigenvalue weighted by molar-refractivity contribution is 7.92. The molecular weight excluding hydrogens is 705 g/mol. The van der Waals surface area contributed by atoms with E-state index in [2.05, 4.69) is 16.0 Å². The van der Waals surface area contributed by atoms with E-state index in [1.807, 2.05) is 19.9 Å². The van der Waals surface area contributed by atoms with Crippen LogP contribution in [0.4, 0.5) is 26.7 Å². The molecule has 3 rings (SSSR count). The van der Waals surface area contributed by atoms with Crippen LogP contribution in [0.25, 0.3) is 0 Å². The van der Waals surface area contributed by atoms with E-state index in [4.69, 9.17) is 14.6 Å². The van der Waals surface area contributed by atoms with Crippen LogP contribution in [0.5, 0.6) is 0 Å². The molecule has 0 heterocycles. The van der Waals surface area contributed by atoms with Crippen LogP contribution in [0.3, 0.4) is 0 Å². The molecule has 0 aliphatic heterocycles. The number of ether oxygens (including phenoxy) is 1. The molecule has 1 aliphatic carbocycles. The van der Waals surface area contributed by atoms with E-state index >= 15 is 0 Å². The van der Waals surface area contributed by atoms with E-state index in [-0.39, 0.29) is 25.1 Å². The maximum atomic E-state index is 14.0. The fraction of sp³-hybridized carbons (Fsp3) is 0.559. The first-order chi connectivity index (χ1) is 23.9. The van der Waals surface area contributed by atoms with Crippen molar-refractivity contribution in [2.75, 3.05) is 18.8 Å². The second-order valence-electron chi connectivity index (χ2n) is 12.4. The monoisotopic (exact) mass is 751 g/mol. The summed E-state index contributed by atoms with van der Waals surface area (Å²) in [5.41, 5.74) is 0.894. The molecule has 0 bridgehead atoms.